The van der Waals surface area contributed by atoms with E-state index >= 15 is 0 Å². The molecular weight excluding hydrogens is 490 g/mol. The Bertz CT molecular complexity index is 1310. The van der Waals surface area contributed by atoms with Crippen LogP contribution in [0.5, 0.6) is 11.5 Å². The maximum atomic E-state index is 13.4. The molecule has 1 N–H and O–H groups in total. The van der Waals surface area contributed by atoms with Crippen LogP contribution in [0.15, 0.2) is 82.8 Å². The Morgan fingerprint density at radius 2 is 1.63 bits per heavy atom. The Balaban J connectivity index is 1.89. The van der Waals surface area contributed by atoms with Gasteiger partial charge in [-0.15, -0.1) is 0 Å². The minimum atomic E-state index is -4.08. The third-order valence-corrected chi connectivity index (χ3v) is 7.20. The molecule has 0 aliphatic heterocycles. The summed E-state index contributed by atoms with van der Waals surface area (Å²) in [5.41, 5.74) is 3.96. The number of para-hydroxylation sites is 1. The molecule has 184 valence electrons. The van der Waals surface area contributed by atoms with E-state index in [-0.39, 0.29) is 15.6 Å². The predicted octanol–water partition coefficient (Wildman–Crippen LogP) is 4.48. The van der Waals surface area contributed by atoms with Gasteiger partial charge in [0.2, 0.25) is 0 Å². The molecule has 3 aromatic rings. The van der Waals surface area contributed by atoms with Gasteiger partial charge in [-0.3, -0.25) is 9.10 Å². The summed E-state index contributed by atoms with van der Waals surface area (Å²) in [6.07, 6.45) is 0.506. The molecule has 0 heterocycles. The molecule has 0 saturated carbocycles. The third-order valence-electron chi connectivity index (χ3n) is 5.11. The van der Waals surface area contributed by atoms with Gasteiger partial charge in [0.25, 0.3) is 15.9 Å². The average Bonchev–Trinajstić information content (AvgIpc) is 2.88. The molecule has 0 spiro atoms. The van der Waals surface area contributed by atoms with Crippen molar-refractivity contribution in [2.75, 3.05) is 25.1 Å². The molecule has 3 aromatic carbocycles. The first-order valence-corrected chi connectivity index (χ1v) is 12.5. The van der Waals surface area contributed by atoms with Gasteiger partial charge in [0.15, 0.2) is 11.5 Å². The van der Waals surface area contributed by atoms with E-state index in [4.69, 9.17) is 21.1 Å². The number of nitrogens with zero attached hydrogens (tertiary/aromatic N) is 2. The highest BCUT2D eigenvalue weighted by Crippen LogP contribution is 2.30. The summed E-state index contributed by atoms with van der Waals surface area (Å²) in [6, 6.07) is 19.6. The quantitative estimate of drug-likeness (QED) is 0.317. The van der Waals surface area contributed by atoms with Crippen LogP contribution >= 0.6 is 11.6 Å². The van der Waals surface area contributed by atoms with Crippen molar-refractivity contribution in [3.05, 3.63) is 83.4 Å². The first kappa shape index (κ1) is 26.1. The zero-order valence-corrected chi connectivity index (χ0v) is 21.1. The lowest BCUT2D eigenvalue weighted by Gasteiger charge is -2.24. The van der Waals surface area contributed by atoms with Gasteiger partial charge in [-0.2, -0.15) is 5.10 Å². The fraction of sp³-hybridized carbons (Fsp3) is 0.200. The summed E-state index contributed by atoms with van der Waals surface area (Å²) >= 11 is 6.29. The second-order valence-electron chi connectivity index (χ2n) is 7.29. The Morgan fingerprint density at radius 1 is 0.971 bits per heavy atom. The van der Waals surface area contributed by atoms with E-state index < -0.39 is 22.5 Å². The fourth-order valence-corrected chi connectivity index (χ4v) is 5.08. The Morgan fingerprint density at radius 3 is 2.26 bits per heavy atom. The molecule has 0 radical (unpaired) electrons. The smallest absolute Gasteiger partial charge is 0.264 e. The van der Waals surface area contributed by atoms with Crippen LogP contribution in [0.3, 0.4) is 0 Å². The molecule has 0 bridgehead atoms. The summed E-state index contributed by atoms with van der Waals surface area (Å²) in [5.74, 6) is 0.462. The summed E-state index contributed by atoms with van der Waals surface area (Å²) < 4.78 is 38.4. The Kier molecular flexibility index (Phi) is 8.73. The summed E-state index contributed by atoms with van der Waals surface area (Å²) in [4.78, 5) is 12.9. The minimum Gasteiger partial charge on any atom is -0.493 e. The first-order chi connectivity index (χ1) is 16.8. The molecule has 35 heavy (non-hydrogen) atoms. The maximum absolute atomic E-state index is 13.4. The molecule has 0 fully saturated rings. The molecule has 0 saturated heterocycles. The molecule has 0 aliphatic carbocycles. The number of sulfonamides is 1. The largest absolute Gasteiger partial charge is 0.493 e. The van der Waals surface area contributed by atoms with Crippen LogP contribution in [0.25, 0.3) is 0 Å². The standard InChI is InChI=1S/C25H26ClN3O5S/c1-4-21(18-14-15-23(33-2)24(16-18)34-3)27-28-25(30)17-29(22-13-9-8-12-20(22)26)35(31,32)19-10-6-5-7-11-19/h5-16H,4,17H2,1-3H3,(H,28,30)/b27-21-. The highest BCUT2D eigenvalue weighted by Gasteiger charge is 2.28. The van der Waals surface area contributed by atoms with Gasteiger partial charge >= 0.3 is 0 Å². The predicted molar refractivity (Wildman–Crippen MR) is 137 cm³/mol. The van der Waals surface area contributed by atoms with E-state index in [0.717, 1.165) is 9.87 Å². The number of hydrogen-bond donors (Lipinski definition) is 1. The zero-order valence-electron chi connectivity index (χ0n) is 19.6. The molecule has 0 aliphatic rings. The van der Waals surface area contributed by atoms with Gasteiger partial charge in [-0.25, -0.2) is 13.8 Å². The van der Waals surface area contributed by atoms with Crippen LogP contribution in [-0.2, 0) is 14.8 Å². The second-order valence-corrected chi connectivity index (χ2v) is 9.56. The normalized spacial score (nSPS) is 11.6. The van der Waals surface area contributed by atoms with Gasteiger partial charge in [0.1, 0.15) is 6.54 Å². The number of ether oxygens (including phenoxy) is 2. The lowest BCUT2D eigenvalue weighted by Crippen LogP contribution is -2.40. The van der Waals surface area contributed by atoms with Crippen molar-refractivity contribution < 1.29 is 22.7 Å². The van der Waals surface area contributed by atoms with Crippen LogP contribution in [0, 0.1) is 0 Å². The first-order valence-electron chi connectivity index (χ1n) is 10.7. The number of benzene rings is 3. The molecule has 3 rings (SSSR count). The number of rotatable bonds is 10. The highest BCUT2D eigenvalue weighted by molar-refractivity contribution is 7.92. The number of carbonyl (C=O) groups excluding carboxylic acids is 1. The minimum absolute atomic E-state index is 0.0378. The molecular formula is C25H26ClN3O5S. The number of amides is 1. The highest BCUT2D eigenvalue weighted by atomic mass is 35.5. The van der Waals surface area contributed by atoms with Crippen LogP contribution in [0.1, 0.15) is 18.9 Å². The van der Waals surface area contributed by atoms with Gasteiger partial charge in [0.05, 0.1) is 35.5 Å². The van der Waals surface area contributed by atoms with E-state index in [1.807, 2.05) is 6.92 Å². The van der Waals surface area contributed by atoms with Gasteiger partial charge < -0.3 is 9.47 Å². The molecule has 0 atom stereocenters. The van der Waals surface area contributed by atoms with E-state index in [1.54, 1.807) is 67.8 Å². The molecule has 0 unspecified atom stereocenters. The molecule has 10 heteroatoms. The number of carbonyl (C=O) groups is 1. The average molecular weight is 516 g/mol. The van der Waals surface area contributed by atoms with E-state index in [2.05, 4.69) is 10.5 Å². The molecule has 1 amide bonds. The van der Waals surface area contributed by atoms with Gasteiger partial charge in [-0.05, 0) is 48.9 Å². The Hall–Kier alpha value is -3.56. The summed E-state index contributed by atoms with van der Waals surface area (Å²) in [7, 11) is -1.00. The van der Waals surface area contributed by atoms with Crippen LogP contribution in [-0.4, -0.2) is 40.8 Å². The van der Waals surface area contributed by atoms with Crippen molar-refractivity contribution in [3.8, 4) is 11.5 Å². The summed E-state index contributed by atoms with van der Waals surface area (Å²) in [6.45, 7) is 1.37. The number of nitrogens with one attached hydrogen (secondary N) is 1. The third kappa shape index (κ3) is 6.12. The lowest BCUT2D eigenvalue weighted by atomic mass is 10.1. The summed E-state index contributed by atoms with van der Waals surface area (Å²) in [5, 5.41) is 4.43. The van der Waals surface area contributed by atoms with Crippen molar-refractivity contribution in [2.24, 2.45) is 5.10 Å². The number of hydrogen-bond acceptors (Lipinski definition) is 6. The fourth-order valence-electron chi connectivity index (χ4n) is 3.33. The SMILES string of the molecule is CC/C(=N/NC(=O)CN(c1ccccc1Cl)S(=O)(=O)c1ccccc1)c1ccc(OC)c(OC)c1. The lowest BCUT2D eigenvalue weighted by molar-refractivity contribution is -0.119. The monoisotopic (exact) mass is 515 g/mol. The van der Waals surface area contributed by atoms with Crippen LogP contribution in [0.4, 0.5) is 5.69 Å². The number of halogens is 1. The number of hydrazone groups is 1. The van der Waals surface area contributed by atoms with Crippen molar-refractivity contribution in [3.63, 3.8) is 0 Å². The molecule has 8 nitrogen and oxygen atoms in total. The second kappa shape index (κ2) is 11.7. The van der Waals surface area contributed by atoms with Crippen molar-refractivity contribution >= 4 is 38.9 Å². The van der Waals surface area contributed by atoms with Crippen LogP contribution in [0.2, 0.25) is 5.02 Å². The van der Waals surface area contributed by atoms with Crippen molar-refractivity contribution in [2.45, 2.75) is 18.2 Å². The zero-order chi connectivity index (χ0) is 25.4. The topological polar surface area (TPSA) is 97.3 Å². The van der Waals surface area contributed by atoms with Crippen molar-refractivity contribution in [1.29, 1.82) is 0 Å². The Labute approximate surface area is 210 Å². The number of anilines is 1. The molecule has 0 aromatic heterocycles. The van der Waals surface area contributed by atoms with Gasteiger partial charge in [-0.1, -0.05) is 48.9 Å². The number of methoxy groups -OCH3 is 2. The van der Waals surface area contributed by atoms with E-state index in [1.165, 1.54) is 19.2 Å². The van der Waals surface area contributed by atoms with Crippen LogP contribution < -0.4 is 19.2 Å². The maximum Gasteiger partial charge on any atom is 0.264 e. The van der Waals surface area contributed by atoms with E-state index in [0.29, 0.717) is 23.6 Å². The van der Waals surface area contributed by atoms with E-state index in [9.17, 15) is 13.2 Å². The van der Waals surface area contributed by atoms with Crippen molar-refractivity contribution in [1.82, 2.24) is 5.43 Å². The van der Waals surface area contributed by atoms with Gasteiger partial charge in [0, 0.05) is 5.56 Å².